The van der Waals surface area contributed by atoms with Gasteiger partial charge in [0.25, 0.3) is 5.91 Å². The molecule has 2 rings (SSSR count). The Balaban J connectivity index is 0.00000180. The third kappa shape index (κ3) is 3.29. The van der Waals surface area contributed by atoms with Crippen molar-refractivity contribution in [3.8, 4) is 0 Å². The number of nitrogens with two attached hydrogens (primary N) is 1. The van der Waals surface area contributed by atoms with Crippen LogP contribution in [0.3, 0.4) is 0 Å². The third-order valence-corrected chi connectivity index (χ3v) is 3.62. The van der Waals surface area contributed by atoms with E-state index in [-0.39, 0.29) is 30.5 Å². The summed E-state index contributed by atoms with van der Waals surface area (Å²) in [5.41, 5.74) is 6.40. The summed E-state index contributed by atoms with van der Waals surface area (Å²) in [7, 11) is 1.70. The van der Waals surface area contributed by atoms with Crippen LogP contribution in [0.25, 0.3) is 0 Å². The molecule has 0 radical (unpaired) electrons. The monoisotopic (exact) mass is 288 g/mol. The number of amides is 1. The number of halogens is 1. The molecule has 1 aliphatic heterocycles. The van der Waals surface area contributed by atoms with E-state index in [4.69, 9.17) is 14.9 Å². The number of furan rings is 1. The van der Waals surface area contributed by atoms with Crippen molar-refractivity contribution in [3.05, 3.63) is 23.7 Å². The maximum Gasteiger partial charge on any atom is 0.257 e. The molecule has 0 spiro atoms. The van der Waals surface area contributed by atoms with E-state index >= 15 is 0 Å². The van der Waals surface area contributed by atoms with Crippen molar-refractivity contribution < 1.29 is 13.9 Å². The van der Waals surface area contributed by atoms with Crippen LogP contribution >= 0.6 is 12.4 Å². The van der Waals surface area contributed by atoms with Crippen molar-refractivity contribution in [2.45, 2.75) is 31.9 Å². The minimum Gasteiger partial charge on any atom is -0.469 e. The number of carbonyl (C=O) groups excluding carboxylic acids is 1. The standard InChI is InChI=1S/C13H20N2O3.ClH/c1-9-12(4-6-18-9)13(16)15-5-3-11(17-2)7-10(15)8-14;/h4,6,10-11H,3,5,7-8,14H2,1-2H3;1H. The first-order valence-corrected chi connectivity index (χ1v) is 6.25. The number of aryl methyl sites for hydroxylation is 1. The fourth-order valence-corrected chi connectivity index (χ4v) is 2.48. The van der Waals surface area contributed by atoms with Crippen molar-refractivity contribution >= 4 is 18.3 Å². The summed E-state index contributed by atoms with van der Waals surface area (Å²) >= 11 is 0. The molecule has 1 fully saturated rings. The molecule has 5 nitrogen and oxygen atoms in total. The molecule has 2 heterocycles. The number of likely N-dealkylation sites (tertiary alicyclic amines) is 1. The Labute approximate surface area is 119 Å². The fraction of sp³-hybridized carbons (Fsp3) is 0.615. The smallest absolute Gasteiger partial charge is 0.257 e. The van der Waals surface area contributed by atoms with Crippen molar-refractivity contribution in [1.82, 2.24) is 4.90 Å². The Kier molecular flexibility index (Phi) is 5.85. The zero-order valence-electron chi connectivity index (χ0n) is 11.3. The normalized spacial score (nSPS) is 23.0. The molecular formula is C13H21ClN2O3. The molecule has 2 unspecified atom stereocenters. The molecule has 6 heteroatoms. The Morgan fingerprint density at radius 3 is 2.89 bits per heavy atom. The van der Waals surface area contributed by atoms with Crippen LogP contribution in [0.5, 0.6) is 0 Å². The molecule has 1 aromatic heterocycles. The molecule has 1 amide bonds. The molecule has 0 aliphatic carbocycles. The van der Waals surface area contributed by atoms with Gasteiger partial charge in [0, 0.05) is 26.2 Å². The molecule has 19 heavy (non-hydrogen) atoms. The highest BCUT2D eigenvalue weighted by Gasteiger charge is 2.32. The van der Waals surface area contributed by atoms with Gasteiger partial charge in [-0.1, -0.05) is 0 Å². The van der Waals surface area contributed by atoms with Crippen molar-refractivity contribution in [1.29, 1.82) is 0 Å². The van der Waals surface area contributed by atoms with Gasteiger partial charge >= 0.3 is 0 Å². The van der Waals surface area contributed by atoms with E-state index in [1.54, 1.807) is 26.4 Å². The minimum absolute atomic E-state index is 0. The lowest BCUT2D eigenvalue weighted by molar-refractivity contribution is 0.0138. The Morgan fingerprint density at radius 2 is 2.37 bits per heavy atom. The maximum absolute atomic E-state index is 12.4. The van der Waals surface area contributed by atoms with Crippen LogP contribution in [-0.4, -0.2) is 43.2 Å². The number of hydrogen-bond donors (Lipinski definition) is 1. The summed E-state index contributed by atoms with van der Waals surface area (Å²) in [6.45, 7) is 2.94. The van der Waals surface area contributed by atoms with E-state index in [0.717, 1.165) is 12.8 Å². The molecule has 1 saturated heterocycles. The zero-order chi connectivity index (χ0) is 13.1. The highest BCUT2D eigenvalue weighted by Crippen LogP contribution is 2.22. The summed E-state index contributed by atoms with van der Waals surface area (Å²) in [5, 5.41) is 0. The van der Waals surface area contributed by atoms with Gasteiger partial charge in [-0.05, 0) is 25.8 Å². The molecule has 108 valence electrons. The van der Waals surface area contributed by atoms with Gasteiger partial charge in [0.2, 0.25) is 0 Å². The SMILES string of the molecule is COC1CCN(C(=O)c2ccoc2C)C(CN)C1.Cl. The topological polar surface area (TPSA) is 68.7 Å². The predicted molar refractivity (Wildman–Crippen MR) is 74.6 cm³/mol. The minimum atomic E-state index is 0. The number of methoxy groups -OCH3 is 1. The number of nitrogens with zero attached hydrogens (tertiary/aromatic N) is 1. The highest BCUT2D eigenvalue weighted by atomic mass is 35.5. The zero-order valence-corrected chi connectivity index (χ0v) is 12.1. The van der Waals surface area contributed by atoms with E-state index in [2.05, 4.69) is 0 Å². The van der Waals surface area contributed by atoms with Gasteiger partial charge in [0.1, 0.15) is 5.76 Å². The highest BCUT2D eigenvalue weighted by molar-refractivity contribution is 5.95. The number of ether oxygens (including phenoxy) is 1. The largest absolute Gasteiger partial charge is 0.469 e. The van der Waals surface area contributed by atoms with E-state index in [1.807, 2.05) is 4.90 Å². The summed E-state index contributed by atoms with van der Waals surface area (Å²) in [6, 6.07) is 1.76. The first kappa shape index (κ1) is 16.0. The van der Waals surface area contributed by atoms with Crippen molar-refractivity contribution in [2.24, 2.45) is 5.73 Å². The lowest BCUT2D eigenvalue weighted by Gasteiger charge is -2.38. The first-order chi connectivity index (χ1) is 8.67. The van der Waals surface area contributed by atoms with Crippen molar-refractivity contribution in [2.75, 3.05) is 20.2 Å². The lowest BCUT2D eigenvalue weighted by Crippen LogP contribution is -2.51. The van der Waals surface area contributed by atoms with E-state index in [9.17, 15) is 4.79 Å². The second kappa shape index (κ2) is 6.93. The Bertz CT molecular complexity index is 422. The number of hydrogen-bond acceptors (Lipinski definition) is 4. The summed E-state index contributed by atoms with van der Waals surface area (Å²) < 4.78 is 10.5. The molecule has 2 atom stereocenters. The van der Waals surface area contributed by atoms with Gasteiger partial charge in [-0.2, -0.15) is 0 Å². The van der Waals surface area contributed by atoms with Gasteiger partial charge in [-0.25, -0.2) is 0 Å². The molecular weight excluding hydrogens is 268 g/mol. The van der Waals surface area contributed by atoms with E-state index < -0.39 is 0 Å². The summed E-state index contributed by atoms with van der Waals surface area (Å²) in [4.78, 5) is 14.3. The number of carbonyl (C=O) groups is 1. The Morgan fingerprint density at radius 1 is 1.63 bits per heavy atom. The third-order valence-electron chi connectivity index (χ3n) is 3.62. The quantitative estimate of drug-likeness (QED) is 0.917. The average Bonchev–Trinajstić information content (AvgIpc) is 2.83. The van der Waals surface area contributed by atoms with Crippen LogP contribution in [0.15, 0.2) is 16.7 Å². The number of piperidine rings is 1. The van der Waals surface area contributed by atoms with E-state index in [1.165, 1.54) is 0 Å². The molecule has 2 N–H and O–H groups in total. The van der Waals surface area contributed by atoms with Crippen LogP contribution in [0.2, 0.25) is 0 Å². The van der Waals surface area contributed by atoms with Crippen LogP contribution in [0.4, 0.5) is 0 Å². The average molecular weight is 289 g/mol. The molecule has 0 saturated carbocycles. The maximum atomic E-state index is 12.4. The predicted octanol–water partition coefficient (Wildman–Crippen LogP) is 1.59. The van der Waals surface area contributed by atoms with Crippen LogP contribution < -0.4 is 5.73 Å². The fourth-order valence-electron chi connectivity index (χ4n) is 2.48. The van der Waals surface area contributed by atoms with Gasteiger partial charge in [0.05, 0.1) is 17.9 Å². The van der Waals surface area contributed by atoms with Gasteiger partial charge in [0.15, 0.2) is 0 Å². The van der Waals surface area contributed by atoms with Gasteiger partial charge in [-0.15, -0.1) is 12.4 Å². The van der Waals surface area contributed by atoms with Crippen LogP contribution in [0, 0.1) is 6.92 Å². The van der Waals surface area contributed by atoms with Crippen molar-refractivity contribution in [3.63, 3.8) is 0 Å². The van der Waals surface area contributed by atoms with Gasteiger partial charge in [-0.3, -0.25) is 4.79 Å². The molecule has 1 aromatic rings. The first-order valence-electron chi connectivity index (χ1n) is 6.25. The molecule has 0 bridgehead atoms. The van der Waals surface area contributed by atoms with Gasteiger partial charge < -0.3 is 19.8 Å². The van der Waals surface area contributed by atoms with Crippen LogP contribution in [0.1, 0.15) is 29.0 Å². The lowest BCUT2D eigenvalue weighted by atomic mass is 9.98. The summed E-state index contributed by atoms with van der Waals surface area (Å²) in [5.74, 6) is 0.663. The van der Waals surface area contributed by atoms with E-state index in [0.29, 0.717) is 24.4 Å². The molecule has 1 aliphatic rings. The summed E-state index contributed by atoms with van der Waals surface area (Å²) in [6.07, 6.45) is 3.40. The molecule has 0 aromatic carbocycles. The van der Waals surface area contributed by atoms with Crippen LogP contribution in [-0.2, 0) is 4.74 Å². The Hall–Kier alpha value is -1.04. The second-order valence-corrected chi connectivity index (χ2v) is 4.66. The number of rotatable bonds is 3. The second-order valence-electron chi connectivity index (χ2n) is 4.66.